The standard InChI is InChI=1S/C24H28ClN3O3S2/c1-15-10-16(2)12-27(11-15)20(29)14-33-24-26-22-21(23(30)28(24)8-9-31-3)18(13-32-22)17-6-4-5-7-19(17)25/h4-7,13,15-16H,8-12,14H2,1-3H3. The van der Waals surface area contributed by atoms with Crippen LogP contribution in [0.5, 0.6) is 0 Å². The van der Waals surface area contributed by atoms with Gasteiger partial charge in [-0.3, -0.25) is 14.2 Å². The first-order chi connectivity index (χ1) is 15.9. The second-order valence-electron chi connectivity index (χ2n) is 8.69. The Hall–Kier alpha value is -1.87. The molecule has 1 aliphatic rings. The molecule has 0 radical (unpaired) electrons. The number of carbonyl (C=O) groups excluding carboxylic acids is 1. The van der Waals surface area contributed by atoms with E-state index in [0.717, 1.165) is 30.6 Å². The smallest absolute Gasteiger partial charge is 0.263 e. The lowest BCUT2D eigenvalue weighted by molar-refractivity contribution is -0.130. The third-order valence-electron chi connectivity index (χ3n) is 5.89. The first-order valence-electron chi connectivity index (χ1n) is 11.1. The lowest BCUT2D eigenvalue weighted by Gasteiger charge is -2.35. The maximum absolute atomic E-state index is 13.6. The third-order valence-corrected chi connectivity index (χ3v) is 8.05. The molecule has 33 heavy (non-hydrogen) atoms. The summed E-state index contributed by atoms with van der Waals surface area (Å²) in [6.45, 7) is 6.70. The number of hydrogen-bond donors (Lipinski definition) is 0. The van der Waals surface area contributed by atoms with Gasteiger partial charge in [-0.05, 0) is 24.3 Å². The van der Waals surface area contributed by atoms with Crippen LogP contribution in [-0.4, -0.2) is 52.9 Å². The SMILES string of the molecule is COCCn1c(SCC(=O)N2CC(C)CC(C)C2)nc2scc(-c3ccccc3Cl)c2c1=O. The normalized spacial score (nSPS) is 18.7. The fourth-order valence-electron chi connectivity index (χ4n) is 4.46. The molecule has 4 rings (SSSR count). The highest BCUT2D eigenvalue weighted by Crippen LogP contribution is 2.36. The Kier molecular flexibility index (Phi) is 7.79. The fourth-order valence-corrected chi connectivity index (χ4v) is 6.60. The third kappa shape index (κ3) is 5.29. The number of piperidine rings is 1. The van der Waals surface area contributed by atoms with Crippen LogP contribution < -0.4 is 5.56 Å². The van der Waals surface area contributed by atoms with Crippen molar-refractivity contribution in [2.45, 2.75) is 32.0 Å². The second kappa shape index (κ2) is 10.6. The molecule has 3 aromatic rings. The molecule has 1 amide bonds. The van der Waals surface area contributed by atoms with Crippen molar-refractivity contribution >= 4 is 50.8 Å². The van der Waals surface area contributed by atoms with Crippen molar-refractivity contribution in [2.75, 3.05) is 32.6 Å². The summed E-state index contributed by atoms with van der Waals surface area (Å²) in [7, 11) is 1.60. The zero-order valence-electron chi connectivity index (χ0n) is 19.0. The highest BCUT2D eigenvalue weighted by Gasteiger charge is 2.26. The molecule has 0 aliphatic carbocycles. The van der Waals surface area contributed by atoms with E-state index in [0.29, 0.717) is 45.4 Å². The Morgan fingerprint density at radius 1 is 1.24 bits per heavy atom. The highest BCUT2D eigenvalue weighted by atomic mass is 35.5. The topological polar surface area (TPSA) is 64.4 Å². The number of fused-ring (bicyclic) bond motifs is 1. The second-order valence-corrected chi connectivity index (χ2v) is 10.9. The number of thiophene rings is 1. The first-order valence-corrected chi connectivity index (χ1v) is 13.3. The summed E-state index contributed by atoms with van der Waals surface area (Å²) >= 11 is 9.15. The molecule has 2 unspecified atom stereocenters. The van der Waals surface area contributed by atoms with Gasteiger partial charge < -0.3 is 9.64 Å². The van der Waals surface area contributed by atoms with E-state index in [1.54, 1.807) is 11.7 Å². The summed E-state index contributed by atoms with van der Waals surface area (Å²) in [6, 6.07) is 7.49. The summed E-state index contributed by atoms with van der Waals surface area (Å²) in [5, 5.41) is 3.62. The first kappa shape index (κ1) is 24.3. The van der Waals surface area contributed by atoms with Crippen molar-refractivity contribution in [1.82, 2.24) is 14.5 Å². The van der Waals surface area contributed by atoms with Gasteiger partial charge >= 0.3 is 0 Å². The number of ether oxygens (including phenoxy) is 1. The van der Waals surface area contributed by atoms with Crippen molar-refractivity contribution in [3.8, 4) is 11.1 Å². The van der Waals surface area contributed by atoms with Crippen molar-refractivity contribution in [2.24, 2.45) is 11.8 Å². The van der Waals surface area contributed by atoms with E-state index in [4.69, 9.17) is 21.3 Å². The van der Waals surface area contributed by atoms with Crippen LogP contribution in [0.1, 0.15) is 20.3 Å². The van der Waals surface area contributed by atoms with E-state index in [1.165, 1.54) is 23.1 Å². The molecule has 0 bridgehead atoms. The highest BCUT2D eigenvalue weighted by molar-refractivity contribution is 7.99. The van der Waals surface area contributed by atoms with Gasteiger partial charge in [0, 0.05) is 41.7 Å². The lowest BCUT2D eigenvalue weighted by atomic mass is 9.92. The quantitative estimate of drug-likeness (QED) is 0.333. The van der Waals surface area contributed by atoms with E-state index >= 15 is 0 Å². The monoisotopic (exact) mass is 505 g/mol. The van der Waals surface area contributed by atoms with E-state index in [-0.39, 0.29) is 17.2 Å². The number of nitrogens with zero attached hydrogens (tertiary/aromatic N) is 3. The van der Waals surface area contributed by atoms with Crippen LogP contribution in [0.3, 0.4) is 0 Å². The minimum Gasteiger partial charge on any atom is -0.383 e. The molecular formula is C24H28ClN3O3S2. The van der Waals surface area contributed by atoms with Gasteiger partial charge in [-0.25, -0.2) is 4.98 Å². The summed E-state index contributed by atoms with van der Waals surface area (Å²) in [4.78, 5) is 33.9. The molecule has 3 heterocycles. The largest absolute Gasteiger partial charge is 0.383 e. The molecule has 0 saturated carbocycles. The maximum Gasteiger partial charge on any atom is 0.263 e. The molecular weight excluding hydrogens is 478 g/mol. The Morgan fingerprint density at radius 3 is 2.67 bits per heavy atom. The molecule has 1 saturated heterocycles. The molecule has 1 aliphatic heterocycles. The summed E-state index contributed by atoms with van der Waals surface area (Å²) in [6.07, 6.45) is 1.15. The van der Waals surface area contributed by atoms with Gasteiger partial charge in [-0.15, -0.1) is 11.3 Å². The van der Waals surface area contributed by atoms with Gasteiger partial charge in [0.15, 0.2) is 5.16 Å². The van der Waals surface area contributed by atoms with E-state index in [2.05, 4.69) is 13.8 Å². The summed E-state index contributed by atoms with van der Waals surface area (Å²) in [5.41, 5.74) is 1.46. The molecule has 176 valence electrons. The Balaban J connectivity index is 1.66. The average Bonchev–Trinajstić information content (AvgIpc) is 3.20. The van der Waals surface area contributed by atoms with Gasteiger partial charge in [-0.1, -0.05) is 55.4 Å². The van der Waals surface area contributed by atoms with Gasteiger partial charge in [0.05, 0.1) is 24.3 Å². The van der Waals surface area contributed by atoms with Crippen LogP contribution in [-0.2, 0) is 16.1 Å². The molecule has 0 N–H and O–H groups in total. The van der Waals surface area contributed by atoms with Gasteiger partial charge in [0.1, 0.15) is 4.83 Å². The minimum atomic E-state index is -0.136. The molecule has 1 aromatic carbocycles. The number of aromatic nitrogens is 2. The van der Waals surface area contributed by atoms with Crippen LogP contribution in [0.2, 0.25) is 5.02 Å². The lowest BCUT2D eigenvalue weighted by Crippen LogP contribution is -2.43. The molecule has 1 fully saturated rings. The number of benzene rings is 1. The summed E-state index contributed by atoms with van der Waals surface area (Å²) < 4.78 is 6.86. The number of carbonyl (C=O) groups is 1. The number of likely N-dealkylation sites (tertiary alicyclic amines) is 1. The van der Waals surface area contributed by atoms with E-state index in [9.17, 15) is 9.59 Å². The number of halogens is 1. The van der Waals surface area contributed by atoms with Crippen molar-refractivity contribution < 1.29 is 9.53 Å². The van der Waals surface area contributed by atoms with Gasteiger partial charge in [0.2, 0.25) is 5.91 Å². The Bertz CT molecular complexity index is 1200. The Labute approximate surface area is 206 Å². The van der Waals surface area contributed by atoms with Crippen molar-refractivity contribution in [1.29, 1.82) is 0 Å². The number of amides is 1. The molecule has 6 nitrogen and oxygen atoms in total. The predicted molar refractivity (Wildman–Crippen MR) is 136 cm³/mol. The van der Waals surface area contributed by atoms with Gasteiger partial charge in [-0.2, -0.15) is 0 Å². The van der Waals surface area contributed by atoms with Crippen LogP contribution in [0, 0.1) is 11.8 Å². The average molecular weight is 506 g/mol. The van der Waals surface area contributed by atoms with E-state index < -0.39 is 0 Å². The minimum absolute atomic E-state index is 0.0916. The number of hydrogen-bond acceptors (Lipinski definition) is 6. The van der Waals surface area contributed by atoms with Crippen molar-refractivity contribution in [3.63, 3.8) is 0 Å². The van der Waals surface area contributed by atoms with Crippen LogP contribution in [0.4, 0.5) is 0 Å². The van der Waals surface area contributed by atoms with E-state index in [1.807, 2.05) is 34.5 Å². The molecule has 2 aromatic heterocycles. The maximum atomic E-state index is 13.6. The zero-order valence-corrected chi connectivity index (χ0v) is 21.4. The fraction of sp³-hybridized carbons (Fsp3) is 0.458. The molecule has 9 heteroatoms. The number of thioether (sulfide) groups is 1. The van der Waals surface area contributed by atoms with Gasteiger partial charge in [0.25, 0.3) is 5.56 Å². The summed E-state index contributed by atoms with van der Waals surface area (Å²) in [5.74, 6) is 1.36. The zero-order chi connectivity index (χ0) is 23.5. The van der Waals surface area contributed by atoms with Crippen LogP contribution in [0.25, 0.3) is 21.3 Å². The number of methoxy groups -OCH3 is 1. The number of rotatable bonds is 7. The molecule has 0 spiro atoms. The van der Waals surface area contributed by atoms with Crippen LogP contribution >= 0.6 is 34.7 Å². The van der Waals surface area contributed by atoms with Crippen LogP contribution in [0.15, 0.2) is 39.6 Å². The predicted octanol–water partition coefficient (Wildman–Crippen LogP) is 5.02. The van der Waals surface area contributed by atoms with Crippen molar-refractivity contribution in [3.05, 3.63) is 45.0 Å². The Morgan fingerprint density at radius 2 is 1.97 bits per heavy atom. The molecule has 2 atom stereocenters.